The van der Waals surface area contributed by atoms with E-state index in [1.54, 1.807) is 7.11 Å². The van der Waals surface area contributed by atoms with E-state index < -0.39 is 0 Å². The predicted molar refractivity (Wildman–Crippen MR) is 62.1 cm³/mol. The average molecular weight is 226 g/mol. The monoisotopic (exact) mass is 226 g/mol. The Morgan fingerprint density at radius 1 is 1.50 bits per heavy atom. The van der Waals surface area contributed by atoms with E-state index in [0.717, 1.165) is 25.9 Å². The number of hydrogen-bond acceptors (Lipinski definition) is 3. The minimum atomic E-state index is 0.0659. The van der Waals surface area contributed by atoms with Gasteiger partial charge in [0.05, 0.1) is 12.0 Å². The third-order valence-electron chi connectivity index (χ3n) is 4.21. The van der Waals surface area contributed by atoms with Gasteiger partial charge in [-0.05, 0) is 19.4 Å². The second-order valence-corrected chi connectivity index (χ2v) is 5.53. The van der Waals surface area contributed by atoms with Crippen LogP contribution in [0.2, 0.25) is 0 Å². The molecule has 4 nitrogen and oxygen atoms in total. The van der Waals surface area contributed by atoms with Crippen molar-refractivity contribution in [2.24, 2.45) is 11.3 Å². The minimum Gasteiger partial charge on any atom is -0.381 e. The number of hydrogen-bond donors (Lipinski definition) is 2. The highest BCUT2D eigenvalue weighted by Gasteiger charge is 2.49. The van der Waals surface area contributed by atoms with E-state index in [1.165, 1.54) is 0 Å². The molecule has 3 unspecified atom stereocenters. The van der Waals surface area contributed by atoms with Crippen molar-refractivity contribution in [2.75, 3.05) is 20.2 Å². The largest absolute Gasteiger partial charge is 0.381 e. The van der Waals surface area contributed by atoms with Crippen molar-refractivity contribution in [2.45, 2.75) is 38.8 Å². The molecule has 0 aromatic heterocycles. The maximum absolute atomic E-state index is 11.9. The molecule has 4 heteroatoms. The lowest BCUT2D eigenvalue weighted by Gasteiger charge is -2.51. The summed E-state index contributed by atoms with van der Waals surface area (Å²) in [5.41, 5.74) is 0.0659. The Morgan fingerprint density at radius 3 is 2.75 bits per heavy atom. The van der Waals surface area contributed by atoms with Crippen molar-refractivity contribution in [1.82, 2.24) is 10.6 Å². The highest BCUT2D eigenvalue weighted by Crippen LogP contribution is 2.42. The fraction of sp³-hybridized carbons (Fsp3) is 0.917. The van der Waals surface area contributed by atoms with Gasteiger partial charge in [-0.1, -0.05) is 13.8 Å². The third kappa shape index (κ3) is 1.96. The van der Waals surface area contributed by atoms with Gasteiger partial charge in [0.25, 0.3) is 0 Å². The number of carbonyl (C=O) groups is 1. The van der Waals surface area contributed by atoms with E-state index in [4.69, 9.17) is 4.74 Å². The molecule has 16 heavy (non-hydrogen) atoms. The molecule has 92 valence electrons. The summed E-state index contributed by atoms with van der Waals surface area (Å²) in [5, 5.41) is 6.37. The number of amides is 1. The molecular formula is C12H22N2O2. The maximum Gasteiger partial charge on any atom is 0.224 e. The highest BCUT2D eigenvalue weighted by molar-refractivity contribution is 5.79. The first-order valence-corrected chi connectivity index (χ1v) is 6.09. The SMILES string of the molecule is COC1CC(NC(=O)C2CCNC2)C1(C)C. The van der Waals surface area contributed by atoms with Gasteiger partial charge in [-0.3, -0.25) is 4.79 Å². The first kappa shape index (κ1) is 11.9. The summed E-state index contributed by atoms with van der Waals surface area (Å²) >= 11 is 0. The topological polar surface area (TPSA) is 50.4 Å². The summed E-state index contributed by atoms with van der Waals surface area (Å²) in [5.74, 6) is 0.370. The van der Waals surface area contributed by atoms with Crippen molar-refractivity contribution in [3.63, 3.8) is 0 Å². The van der Waals surface area contributed by atoms with Crippen molar-refractivity contribution in [3.8, 4) is 0 Å². The van der Waals surface area contributed by atoms with Gasteiger partial charge in [0.2, 0.25) is 5.91 Å². The zero-order chi connectivity index (χ0) is 11.8. The van der Waals surface area contributed by atoms with Crippen LogP contribution in [-0.4, -0.2) is 38.3 Å². The fourth-order valence-electron chi connectivity index (χ4n) is 2.70. The van der Waals surface area contributed by atoms with E-state index in [0.29, 0.717) is 0 Å². The number of rotatable bonds is 3. The van der Waals surface area contributed by atoms with Crippen LogP contribution in [0.3, 0.4) is 0 Å². The maximum atomic E-state index is 11.9. The minimum absolute atomic E-state index is 0.0659. The third-order valence-corrected chi connectivity index (χ3v) is 4.21. The number of ether oxygens (including phenoxy) is 1. The highest BCUT2D eigenvalue weighted by atomic mass is 16.5. The van der Waals surface area contributed by atoms with Crippen LogP contribution >= 0.6 is 0 Å². The Morgan fingerprint density at radius 2 is 2.25 bits per heavy atom. The zero-order valence-electron chi connectivity index (χ0n) is 10.4. The summed E-state index contributed by atoms with van der Waals surface area (Å²) in [7, 11) is 1.74. The normalized spacial score (nSPS) is 36.8. The van der Waals surface area contributed by atoms with Crippen molar-refractivity contribution < 1.29 is 9.53 Å². The van der Waals surface area contributed by atoms with Gasteiger partial charge < -0.3 is 15.4 Å². The summed E-state index contributed by atoms with van der Waals surface area (Å²) < 4.78 is 5.38. The number of methoxy groups -OCH3 is 1. The van der Waals surface area contributed by atoms with Gasteiger partial charge in [0.15, 0.2) is 0 Å². The molecular weight excluding hydrogens is 204 g/mol. The smallest absolute Gasteiger partial charge is 0.224 e. The van der Waals surface area contributed by atoms with Crippen LogP contribution in [0.5, 0.6) is 0 Å². The van der Waals surface area contributed by atoms with Gasteiger partial charge in [0.1, 0.15) is 0 Å². The van der Waals surface area contributed by atoms with Gasteiger partial charge >= 0.3 is 0 Å². The van der Waals surface area contributed by atoms with E-state index in [2.05, 4.69) is 24.5 Å². The number of nitrogens with one attached hydrogen (secondary N) is 2. The summed E-state index contributed by atoms with van der Waals surface area (Å²) in [6.45, 7) is 6.10. The van der Waals surface area contributed by atoms with E-state index >= 15 is 0 Å². The molecule has 1 amide bonds. The first-order chi connectivity index (χ1) is 7.55. The lowest BCUT2D eigenvalue weighted by Crippen LogP contribution is -2.62. The Balaban J connectivity index is 1.84. The van der Waals surface area contributed by atoms with Gasteiger partial charge in [0, 0.05) is 25.1 Å². The van der Waals surface area contributed by atoms with E-state index in [1.807, 2.05) is 0 Å². The van der Waals surface area contributed by atoms with E-state index in [9.17, 15) is 4.79 Å². The van der Waals surface area contributed by atoms with Crippen molar-refractivity contribution in [1.29, 1.82) is 0 Å². The average Bonchev–Trinajstić information content (AvgIpc) is 2.76. The van der Waals surface area contributed by atoms with Crippen LogP contribution < -0.4 is 10.6 Å². The molecule has 1 aliphatic heterocycles. The Bertz CT molecular complexity index is 272. The Hall–Kier alpha value is -0.610. The molecule has 2 fully saturated rings. The summed E-state index contributed by atoms with van der Waals surface area (Å²) in [6, 6.07) is 0.269. The fourth-order valence-corrected chi connectivity index (χ4v) is 2.70. The molecule has 1 saturated carbocycles. The molecule has 2 N–H and O–H groups in total. The second-order valence-electron chi connectivity index (χ2n) is 5.53. The standard InChI is InChI=1S/C12H22N2O2/c1-12(2)9(6-10(12)16-3)14-11(15)8-4-5-13-7-8/h8-10,13H,4-7H2,1-3H3,(H,14,15). The second kappa shape index (κ2) is 4.34. The lowest BCUT2D eigenvalue weighted by molar-refractivity contribution is -0.135. The zero-order valence-corrected chi connectivity index (χ0v) is 10.4. The molecule has 1 saturated heterocycles. The van der Waals surface area contributed by atoms with Gasteiger partial charge in [-0.2, -0.15) is 0 Å². The van der Waals surface area contributed by atoms with Crippen LogP contribution in [0.15, 0.2) is 0 Å². The molecule has 0 aromatic carbocycles. The summed E-state index contributed by atoms with van der Waals surface area (Å²) in [6.07, 6.45) is 2.18. The van der Waals surface area contributed by atoms with E-state index in [-0.39, 0.29) is 29.4 Å². The quantitative estimate of drug-likeness (QED) is 0.738. The summed E-state index contributed by atoms with van der Waals surface area (Å²) in [4.78, 5) is 11.9. The van der Waals surface area contributed by atoms with Gasteiger partial charge in [-0.15, -0.1) is 0 Å². The van der Waals surface area contributed by atoms with Crippen LogP contribution in [0.1, 0.15) is 26.7 Å². The van der Waals surface area contributed by atoms with Crippen LogP contribution in [0.4, 0.5) is 0 Å². The van der Waals surface area contributed by atoms with Crippen LogP contribution in [0.25, 0.3) is 0 Å². The molecule has 2 aliphatic rings. The van der Waals surface area contributed by atoms with Crippen molar-refractivity contribution >= 4 is 5.91 Å². The molecule has 3 atom stereocenters. The Labute approximate surface area is 97.1 Å². The molecule has 2 rings (SSSR count). The Kier molecular flexibility index (Phi) is 3.22. The molecule has 1 heterocycles. The predicted octanol–water partition coefficient (Wildman–Crippen LogP) is 0.526. The lowest BCUT2D eigenvalue weighted by atomic mass is 9.64. The number of carbonyl (C=O) groups excluding carboxylic acids is 1. The van der Waals surface area contributed by atoms with Crippen LogP contribution in [-0.2, 0) is 9.53 Å². The first-order valence-electron chi connectivity index (χ1n) is 6.09. The molecule has 0 aromatic rings. The van der Waals surface area contributed by atoms with Gasteiger partial charge in [-0.25, -0.2) is 0 Å². The molecule has 0 spiro atoms. The molecule has 0 bridgehead atoms. The molecule has 1 aliphatic carbocycles. The van der Waals surface area contributed by atoms with Crippen molar-refractivity contribution in [3.05, 3.63) is 0 Å². The molecule has 0 radical (unpaired) electrons. The van der Waals surface area contributed by atoms with Crippen LogP contribution in [0, 0.1) is 11.3 Å².